The summed E-state index contributed by atoms with van der Waals surface area (Å²) in [5.41, 5.74) is 6.28. The summed E-state index contributed by atoms with van der Waals surface area (Å²) < 4.78 is 43.4. The Morgan fingerprint density at radius 1 is 0.909 bits per heavy atom. The van der Waals surface area contributed by atoms with Gasteiger partial charge in [0.05, 0.1) is 29.2 Å². The third-order valence-corrected chi connectivity index (χ3v) is 5.87. The summed E-state index contributed by atoms with van der Waals surface area (Å²) >= 11 is 0. The van der Waals surface area contributed by atoms with Gasteiger partial charge in [0.25, 0.3) is 0 Å². The zero-order valence-corrected chi connectivity index (χ0v) is 18.7. The number of fused-ring (bicyclic) bond motifs is 1. The van der Waals surface area contributed by atoms with Gasteiger partial charge >= 0.3 is 0 Å². The number of nitrogens with one attached hydrogen (secondary N) is 1. The Bertz CT molecular complexity index is 1590. The molecular weight excluding hydrogens is 441 g/mol. The number of hydrogen-bond donors (Lipinski definition) is 1. The summed E-state index contributed by atoms with van der Waals surface area (Å²) in [6, 6.07) is 17.4. The topological polar surface area (TPSA) is 81.8 Å². The van der Waals surface area contributed by atoms with E-state index in [0.29, 0.717) is 5.69 Å². The van der Waals surface area contributed by atoms with E-state index in [9.17, 15) is 12.8 Å². The standard InChI is InChI=1S/C24H20FN5O2S/c1-29-14-19(13-27-29)17-5-8-24-23(11-17)26-15-30(24)22-10-18(16-3-6-20(25)7-4-16)9-21(12-22)28-33(2,31)32/h3-15,28H,1-2H3. The molecule has 0 aliphatic heterocycles. The van der Waals surface area contributed by atoms with Crippen molar-refractivity contribution in [2.75, 3.05) is 11.0 Å². The molecule has 0 aliphatic rings. The van der Waals surface area contributed by atoms with E-state index in [-0.39, 0.29) is 5.82 Å². The smallest absolute Gasteiger partial charge is 0.229 e. The number of anilines is 1. The molecule has 0 radical (unpaired) electrons. The van der Waals surface area contributed by atoms with Gasteiger partial charge in [-0.15, -0.1) is 0 Å². The maximum atomic E-state index is 13.4. The van der Waals surface area contributed by atoms with Crippen molar-refractivity contribution in [1.82, 2.24) is 19.3 Å². The van der Waals surface area contributed by atoms with Gasteiger partial charge in [-0.1, -0.05) is 18.2 Å². The average molecular weight is 462 g/mol. The van der Waals surface area contributed by atoms with Crippen molar-refractivity contribution >= 4 is 26.7 Å². The highest BCUT2D eigenvalue weighted by Gasteiger charge is 2.12. The Morgan fingerprint density at radius 2 is 1.67 bits per heavy atom. The Kier molecular flexibility index (Phi) is 4.98. The maximum Gasteiger partial charge on any atom is 0.229 e. The van der Waals surface area contributed by atoms with Crippen LogP contribution in [0.3, 0.4) is 0 Å². The third-order valence-electron chi connectivity index (χ3n) is 5.26. The van der Waals surface area contributed by atoms with Crippen molar-refractivity contribution in [2.45, 2.75) is 0 Å². The van der Waals surface area contributed by atoms with Crippen LogP contribution in [0.2, 0.25) is 0 Å². The fourth-order valence-electron chi connectivity index (χ4n) is 3.80. The Hall–Kier alpha value is -3.98. The van der Waals surface area contributed by atoms with E-state index in [0.717, 1.165) is 45.2 Å². The number of hydrogen-bond acceptors (Lipinski definition) is 4. The molecule has 0 atom stereocenters. The number of aromatic nitrogens is 4. The van der Waals surface area contributed by atoms with Gasteiger partial charge in [0, 0.05) is 24.5 Å². The Morgan fingerprint density at radius 3 is 2.36 bits per heavy atom. The van der Waals surface area contributed by atoms with Crippen molar-refractivity contribution in [2.24, 2.45) is 7.05 Å². The molecule has 7 nitrogen and oxygen atoms in total. The summed E-state index contributed by atoms with van der Waals surface area (Å²) in [4.78, 5) is 4.55. The van der Waals surface area contributed by atoms with Crippen LogP contribution in [0, 0.1) is 5.82 Å². The van der Waals surface area contributed by atoms with Crippen molar-refractivity contribution in [3.8, 4) is 27.9 Å². The molecule has 0 fully saturated rings. The molecule has 0 saturated heterocycles. The molecule has 2 heterocycles. The van der Waals surface area contributed by atoms with E-state index in [1.807, 2.05) is 42.1 Å². The van der Waals surface area contributed by atoms with E-state index in [2.05, 4.69) is 14.8 Å². The normalized spacial score (nSPS) is 11.7. The molecule has 5 aromatic rings. The van der Waals surface area contributed by atoms with E-state index in [4.69, 9.17) is 0 Å². The molecule has 5 rings (SSSR count). The van der Waals surface area contributed by atoms with Crippen molar-refractivity contribution in [1.29, 1.82) is 0 Å². The molecule has 33 heavy (non-hydrogen) atoms. The number of sulfonamides is 1. The first-order valence-electron chi connectivity index (χ1n) is 10.1. The van der Waals surface area contributed by atoms with Gasteiger partial charge in [-0.3, -0.25) is 14.0 Å². The minimum Gasteiger partial charge on any atom is -0.299 e. The molecule has 0 aliphatic carbocycles. The van der Waals surface area contributed by atoms with Crippen LogP contribution in [0.1, 0.15) is 0 Å². The second-order valence-corrected chi connectivity index (χ2v) is 9.62. The second kappa shape index (κ2) is 7.86. The molecule has 0 saturated carbocycles. The summed E-state index contributed by atoms with van der Waals surface area (Å²) in [6.07, 6.45) is 6.54. The van der Waals surface area contributed by atoms with Crippen LogP contribution < -0.4 is 4.72 Å². The van der Waals surface area contributed by atoms with Crippen LogP contribution in [0.15, 0.2) is 79.4 Å². The highest BCUT2D eigenvalue weighted by molar-refractivity contribution is 7.92. The average Bonchev–Trinajstić information content (AvgIpc) is 3.38. The van der Waals surface area contributed by atoms with Crippen LogP contribution >= 0.6 is 0 Å². The van der Waals surface area contributed by atoms with Crippen LogP contribution in [-0.2, 0) is 17.1 Å². The quantitative estimate of drug-likeness (QED) is 0.415. The van der Waals surface area contributed by atoms with E-state index in [1.165, 1.54) is 12.1 Å². The lowest BCUT2D eigenvalue weighted by molar-refractivity contribution is 0.607. The highest BCUT2D eigenvalue weighted by atomic mass is 32.2. The summed E-state index contributed by atoms with van der Waals surface area (Å²) in [5, 5.41) is 4.22. The lowest BCUT2D eigenvalue weighted by Crippen LogP contribution is -2.10. The molecule has 9 heteroatoms. The predicted molar refractivity (Wildman–Crippen MR) is 127 cm³/mol. The van der Waals surface area contributed by atoms with Crippen LogP contribution in [0.5, 0.6) is 0 Å². The Balaban J connectivity index is 1.63. The van der Waals surface area contributed by atoms with Gasteiger partial charge in [0.1, 0.15) is 12.1 Å². The van der Waals surface area contributed by atoms with Gasteiger partial charge in [-0.2, -0.15) is 5.10 Å². The van der Waals surface area contributed by atoms with Crippen molar-refractivity contribution < 1.29 is 12.8 Å². The second-order valence-electron chi connectivity index (χ2n) is 7.87. The third kappa shape index (κ3) is 4.35. The van der Waals surface area contributed by atoms with E-state index >= 15 is 0 Å². The molecular formula is C24H20FN5O2S. The van der Waals surface area contributed by atoms with Gasteiger partial charge in [-0.05, 0) is 59.2 Å². The number of aryl methyl sites for hydroxylation is 1. The molecule has 0 bridgehead atoms. The molecule has 1 N–H and O–H groups in total. The van der Waals surface area contributed by atoms with Gasteiger partial charge < -0.3 is 0 Å². The fraction of sp³-hybridized carbons (Fsp3) is 0.0833. The first-order chi connectivity index (χ1) is 15.7. The summed E-state index contributed by atoms with van der Waals surface area (Å²) in [6.45, 7) is 0. The number of nitrogens with zero attached hydrogens (tertiary/aromatic N) is 4. The molecule has 0 amide bonds. The summed E-state index contributed by atoms with van der Waals surface area (Å²) in [5.74, 6) is -0.339. The SMILES string of the molecule is Cn1cc(-c2ccc3c(c2)ncn3-c2cc(NS(C)(=O)=O)cc(-c3ccc(F)cc3)c2)cn1. The van der Waals surface area contributed by atoms with Gasteiger partial charge in [0.15, 0.2) is 0 Å². The first-order valence-corrected chi connectivity index (χ1v) is 12.0. The van der Waals surface area contributed by atoms with Crippen molar-refractivity contribution in [3.05, 3.63) is 85.2 Å². The van der Waals surface area contributed by atoms with E-state index < -0.39 is 10.0 Å². The van der Waals surface area contributed by atoms with Crippen LogP contribution in [0.4, 0.5) is 10.1 Å². The monoisotopic (exact) mass is 461 g/mol. The molecule has 2 aromatic heterocycles. The minimum absolute atomic E-state index is 0.339. The molecule has 0 spiro atoms. The zero-order chi connectivity index (χ0) is 23.2. The lowest BCUT2D eigenvalue weighted by atomic mass is 10.0. The molecule has 0 unspecified atom stereocenters. The Labute approximate surface area is 190 Å². The number of rotatable bonds is 5. The molecule has 3 aromatic carbocycles. The maximum absolute atomic E-state index is 13.4. The van der Waals surface area contributed by atoms with Gasteiger partial charge in [-0.25, -0.2) is 17.8 Å². The summed E-state index contributed by atoms with van der Waals surface area (Å²) in [7, 11) is -1.62. The predicted octanol–water partition coefficient (Wildman–Crippen LogP) is 4.60. The zero-order valence-electron chi connectivity index (χ0n) is 17.9. The molecule has 166 valence electrons. The van der Waals surface area contributed by atoms with Crippen LogP contribution in [0.25, 0.3) is 39.0 Å². The number of halogens is 1. The lowest BCUT2D eigenvalue weighted by Gasteiger charge is -2.13. The highest BCUT2D eigenvalue weighted by Crippen LogP contribution is 2.30. The fourth-order valence-corrected chi connectivity index (χ4v) is 4.35. The number of imidazole rings is 1. The minimum atomic E-state index is -3.49. The van der Waals surface area contributed by atoms with E-state index in [1.54, 1.807) is 41.5 Å². The number of benzene rings is 3. The van der Waals surface area contributed by atoms with Crippen molar-refractivity contribution in [3.63, 3.8) is 0 Å². The van der Waals surface area contributed by atoms with Gasteiger partial charge in [0.2, 0.25) is 10.0 Å². The first kappa shape index (κ1) is 20.9. The van der Waals surface area contributed by atoms with Crippen LogP contribution in [-0.4, -0.2) is 34.0 Å². The largest absolute Gasteiger partial charge is 0.299 e.